The van der Waals surface area contributed by atoms with Gasteiger partial charge in [-0.25, -0.2) is 9.18 Å². The van der Waals surface area contributed by atoms with Gasteiger partial charge < -0.3 is 15.2 Å². The number of nitrogens with zero attached hydrogens (tertiary/aromatic N) is 2. The first kappa shape index (κ1) is 15.3. The Morgan fingerprint density at radius 2 is 2.35 bits per heavy atom. The van der Waals surface area contributed by atoms with Gasteiger partial charge in [-0.15, -0.1) is 11.8 Å². The third-order valence-electron chi connectivity index (χ3n) is 2.63. The first-order chi connectivity index (χ1) is 9.26. The quantitative estimate of drug-likeness (QED) is 0.908. The van der Waals surface area contributed by atoms with Crippen molar-refractivity contribution in [1.82, 2.24) is 9.55 Å². The van der Waals surface area contributed by atoms with Crippen molar-refractivity contribution in [2.24, 2.45) is 0 Å². The Balaban J connectivity index is 2.03. The number of hydrogen-bond donors (Lipinski definition) is 1. The van der Waals surface area contributed by atoms with Gasteiger partial charge in [-0.2, -0.15) is 4.98 Å². The fourth-order valence-corrected chi connectivity index (χ4v) is 2.65. The van der Waals surface area contributed by atoms with E-state index in [1.807, 2.05) is 20.8 Å². The largest absolute Gasteiger partial charge is 0.381 e. The average Bonchev–Trinajstić information content (AvgIpc) is 2.79. The fourth-order valence-electron chi connectivity index (χ4n) is 1.66. The molecule has 2 atom stereocenters. The molecule has 0 saturated carbocycles. The number of anilines is 1. The van der Waals surface area contributed by atoms with Crippen molar-refractivity contribution in [3.05, 3.63) is 22.5 Å². The zero-order chi connectivity index (χ0) is 14.9. The zero-order valence-corrected chi connectivity index (χ0v) is 12.4. The molecule has 1 aromatic rings. The predicted octanol–water partition coefficient (Wildman–Crippen LogP) is 1.37. The maximum Gasteiger partial charge on any atom is 0.351 e. The lowest BCUT2D eigenvalue weighted by molar-refractivity contribution is -0.0686. The maximum atomic E-state index is 13.4. The summed E-state index contributed by atoms with van der Waals surface area (Å²) in [5, 5.41) is 0. The molecule has 2 heterocycles. The number of nitrogens with two attached hydrogens (primary N) is 1. The highest BCUT2D eigenvalue weighted by Gasteiger charge is 2.29. The molecule has 0 radical (unpaired) electrons. The van der Waals surface area contributed by atoms with Gasteiger partial charge in [0.2, 0.25) is 0 Å². The second-order valence-electron chi connectivity index (χ2n) is 5.44. The summed E-state index contributed by atoms with van der Waals surface area (Å²) in [5.74, 6) is -0.597. The topological polar surface area (TPSA) is 79.4 Å². The van der Waals surface area contributed by atoms with E-state index in [0.29, 0.717) is 12.4 Å². The van der Waals surface area contributed by atoms with Crippen LogP contribution in [-0.4, -0.2) is 32.9 Å². The summed E-state index contributed by atoms with van der Waals surface area (Å²) < 4.78 is 25.8. The molecule has 2 rings (SSSR count). The summed E-state index contributed by atoms with van der Waals surface area (Å²) in [6, 6.07) is 0. The van der Waals surface area contributed by atoms with Crippen molar-refractivity contribution in [1.29, 1.82) is 0 Å². The van der Waals surface area contributed by atoms with E-state index >= 15 is 0 Å². The minimum Gasteiger partial charge on any atom is -0.381 e. The summed E-state index contributed by atoms with van der Waals surface area (Å²) in [7, 11) is 0. The highest BCUT2D eigenvalue weighted by Crippen LogP contribution is 2.32. The second kappa shape index (κ2) is 5.71. The molecule has 1 aliphatic heterocycles. The van der Waals surface area contributed by atoms with Crippen molar-refractivity contribution < 1.29 is 13.9 Å². The van der Waals surface area contributed by atoms with Gasteiger partial charge >= 0.3 is 5.69 Å². The lowest BCUT2D eigenvalue weighted by Crippen LogP contribution is -2.30. The van der Waals surface area contributed by atoms with E-state index in [-0.39, 0.29) is 11.0 Å². The van der Waals surface area contributed by atoms with E-state index < -0.39 is 23.6 Å². The molecule has 8 heteroatoms. The van der Waals surface area contributed by atoms with Crippen LogP contribution in [0.15, 0.2) is 11.0 Å². The minimum absolute atomic E-state index is 0.188. The molecule has 0 spiro atoms. The minimum atomic E-state index is -0.729. The van der Waals surface area contributed by atoms with E-state index in [9.17, 15) is 9.18 Å². The molecule has 20 heavy (non-hydrogen) atoms. The molecule has 1 saturated heterocycles. The van der Waals surface area contributed by atoms with Crippen LogP contribution >= 0.6 is 11.8 Å². The Morgan fingerprint density at radius 1 is 1.65 bits per heavy atom. The van der Waals surface area contributed by atoms with E-state index in [0.717, 1.165) is 10.8 Å². The summed E-state index contributed by atoms with van der Waals surface area (Å²) in [4.78, 5) is 15.1. The third kappa shape index (κ3) is 3.71. The first-order valence-electron chi connectivity index (χ1n) is 6.21. The van der Waals surface area contributed by atoms with Crippen molar-refractivity contribution in [2.45, 2.75) is 38.0 Å². The molecule has 1 aromatic heterocycles. The Labute approximate surface area is 120 Å². The van der Waals surface area contributed by atoms with E-state index in [4.69, 9.17) is 15.2 Å². The van der Waals surface area contributed by atoms with Crippen molar-refractivity contribution >= 4 is 17.6 Å². The van der Waals surface area contributed by atoms with Gasteiger partial charge in [0.25, 0.3) is 0 Å². The van der Waals surface area contributed by atoms with Gasteiger partial charge in [0.05, 0.1) is 18.4 Å². The molecular weight excluding hydrogens is 285 g/mol. The lowest BCUT2D eigenvalue weighted by Gasteiger charge is -2.22. The number of aromatic nitrogens is 2. The molecule has 0 bridgehead atoms. The molecule has 0 aromatic carbocycles. The second-order valence-corrected chi connectivity index (χ2v) is 6.63. The Morgan fingerprint density at radius 3 is 3.00 bits per heavy atom. The normalized spacial score (nSPS) is 23.2. The SMILES string of the molecule is CC(C)(C)OC[C@@H]1O[C@H](n2cc(F)c(N)nc2=O)CS1. The van der Waals surface area contributed by atoms with Gasteiger partial charge in [-0.1, -0.05) is 0 Å². The number of thioether (sulfide) groups is 1. The predicted molar refractivity (Wildman–Crippen MR) is 74.9 cm³/mol. The van der Waals surface area contributed by atoms with Gasteiger partial charge in [-0.3, -0.25) is 4.57 Å². The third-order valence-corrected chi connectivity index (χ3v) is 3.73. The van der Waals surface area contributed by atoms with E-state index in [1.165, 1.54) is 11.8 Å². The molecule has 112 valence electrons. The molecule has 1 fully saturated rings. The Kier molecular flexibility index (Phi) is 4.36. The number of nitrogen functional groups attached to an aromatic ring is 1. The number of ether oxygens (including phenoxy) is 2. The molecule has 0 unspecified atom stereocenters. The van der Waals surface area contributed by atoms with Crippen LogP contribution in [0.3, 0.4) is 0 Å². The van der Waals surface area contributed by atoms with Crippen LogP contribution in [0, 0.1) is 5.82 Å². The number of halogens is 1. The summed E-state index contributed by atoms with van der Waals surface area (Å²) in [6.07, 6.45) is 0.478. The van der Waals surface area contributed by atoms with Crippen LogP contribution < -0.4 is 11.4 Å². The first-order valence-corrected chi connectivity index (χ1v) is 7.26. The highest BCUT2D eigenvalue weighted by atomic mass is 32.2. The van der Waals surface area contributed by atoms with Crippen molar-refractivity contribution in [2.75, 3.05) is 18.1 Å². The summed E-state index contributed by atoms with van der Waals surface area (Å²) in [6.45, 7) is 6.26. The average molecular weight is 303 g/mol. The van der Waals surface area contributed by atoms with Crippen LogP contribution in [0.5, 0.6) is 0 Å². The van der Waals surface area contributed by atoms with Crippen LogP contribution in [0.25, 0.3) is 0 Å². The summed E-state index contributed by atoms with van der Waals surface area (Å²) >= 11 is 1.52. The van der Waals surface area contributed by atoms with E-state index in [1.54, 1.807) is 0 Å². The molecule has 0 aliphatic carbocycles. The van der Waals surface area contributed by atoms with Crippen LogP contribution in [0.4, 0.5) is 10.2 Å². The molecule has 0 amide bonds. The number of hydrogen-bond acceptors (Lipinski definition) is 6. The van der Waals surface area contributed by atoms with Gasteiger partial charge in [0.1, 0.15) is 11.7 Å². The van der Waals surface area contributed by atoms with Gasteiger partial charge in [0, 0.05) is 5.75 Å². The van der Waals surface area contributed by atoms with Crippen molar-refractivity contribution in [3.63, 3.8) is 0 Å². The molecule has 1 aliphatic rings. The van der Waals surface area contributed by atoms with Crippen LogP contribution in [0.2, 0.25) is 0 Å². The van der Waals surface area contributed by atoms with Crippen molar-refractivity contribution in [3.8, 4) is 0 Å². The maximum absolute atomic E-state index is 13.4. The Bertz CT molecular complexity index is 544. The molecule has 2 N–H and O–H groups in total. The van der Waals surface area contributed by atoms with Crippen LogP contribution in [0.1, 0.15) is 27.0 Å². The molecular formula is C12H18FN3O3S. The zero-order valence-electron chi connectivity index (χ0n) is 11.6. The molecule has 6 nitrogen and oxygen atoms in total. The standard InChI is InChI=1S/C12H18FN3O3S/c1-12(2,3)18-5-9-19-8(6-20-9)16-4-7(13)10(14)15-11(16)17/h4,8-9H,5-6H2,1-3H3,(H2,14,15,17)/t8-,9+/m0/s1. The monoisotopic (exact) mass is 303 g/mol. The van der Waals surface area contributed by atoms with Gasteiger partial charge in [0.15, 0.2) is 11.6 Å². The van der Waals surface area contributed by atoms with Gasteiger partial charge in [-0.05, 0) is 20.8 Å². The van der Waals surface area contributed by atoms with Crippen LogP contribution in [-0.2, 0) is 9.47 Å². The Hall–Kier alpha value is -1.12. The number of rotatable bonds is 3. The lowest BCUT2D eigenvalue weighted by atomic mass is 10.2. The smallest absolute Gasteiger partial charge is 0.351 e. The summed E-state index contributed by atoms with van der Waals surface area (Å²) in [5.41, 5.74) is 4.18. The fraction of sp³-hybridized carbons (Fsp3) is 0.667. The highest BCUT2D eigenvalue weighted by molar-refractivity contribution is 8.00. The van der Waals surface area contributed by atoms with E-state index in [2.05, 4.69) is 4.98 Å².